The van der Waals surface area contributed by atoms with Gasteiger partial charge in [-0.3, -0.25) is 14.4 Å². The molecular formula is C52H84Cl4N2O7S4. The van der Waals surface area contributed by atoms with Crippen LogP contribution in [-0.2, 0) is 0 Å². The van der Waals surface area contributed by atoms with Gasteiger partial charge < -0.3 is 15.3 Å². The standard InChI is InChI=1S/C17H23NO2S.2C9H17ClOS.C8H9NO2.C8H18S.CCl2O/c1-3-4-5-6-7-8-11-21-17-18-15-12-13(2)9-10-14(15)16(19)20-17;2*1-2-3-4-5-6-7-8-12-9(10)11;1-5-2-3-6(8(10)11)7(9)4-5;1-2-3-4-5-6-7-8-9;2-1(3)4/h9-10,12H,3-8,11H2,1-2H3;2*2-8H2,1H3;2-4H,9H2,1H3,(H,10,11);9H,2-8H2,1H3;. The molecule has 0 saturated heterocycles. The van der Waals surface area contributed by atoms with E-state index in [9.17, 15) is 19.2 Å². The number of thioether (sulfide) groups is 3. The average molecular weight is 1120 g/mol. The Kier molecular flexibility index (Phi) is 54.8. The maximum Gasteiger partial charge on any atom is 0.347 e. The van der Waals surface area contributed by atoms with Crippen molar-refractivity contribution in [3.63, 3.8) is 0 Å². The van der Waals surface area contributed by atoms with Crippen LogP contribution in [0.15, 0.2) is 50.8 Å². The van der Waals surface area contributed by atoms with Crippen LogP contribution in [0.2, 0.25) is 0 Å². The van der Waals surface area contributed by atoms with Crippen molar-refractivity contribution in [2.45, 2.75) is 201 Å². The summed E-state index contributed by atoms with van der Waals surface area (Å²) in [6.45, 7) is 12.8. The molecule has 17 heteroatoms. The van der Waals surface area contributed by atoms with E-state index in [2.05, 4.69) is 68.5 Å². The van der Waals surface area contributed by atoms with Crippen LogP contribution in [0.4, 0.5) is 20.1 Å². The lowest BCUT2D eigenvalue weighted by Gasteiger charge is -2.02. The molecule has 0 saturated carbocycles. The van der Waals surface area contributed by atoms with Crippen molar-refractivity contribution in [3.05, 3.63) is 63.5 Å². The highest BCUT2D eigenvalue weighted by molar-refractivity contribution is 8.16. The summed E-state index contributed by atoms with van der Waals surface area (Å²) < 4.78 is 3.83. The van der Waals surface area contributed by atoms with Crippen molar-refractivity contribution >= 4 is 131 Å². The third kappa shape index (κ3) is 51.1. The molecule has 3 N–H and O–H groups in total. The summed E-state index contributed by atoms with van der Waals surface area (Å²) in [6, 6.07) is 10.5. The lowest BCUT2D eigenvalue weighted by atomic mass is 10.1. The second-order valence-corrected chi connectivity index (χ2v) is 21.9. The second-order valence-electron chi connectivity index (χ2n) is 16.2. The topological polar surface area (TPSA) is 158 Å². The number of carbonyl (C=O) groups excluding carboxylic acids is 3. The van der Waals surface area contributed by atoms with Gasteiger partial charge in [0.25, 0.3) is 14.4 Å². The summed E-state index contributed by atoms with van der Waals surface area (Å²) >= 11 is 27.3. The molecule has 0 atom stereocenters. The zero-order chi connectivity index (χ0) is 52.5. The fraction of sp³-hybridized carbons (Fsp3) is 0.654. The number of unbranched alkanes of at least 4 members (excludes halogenated alkanes) is 20. The summed E-state index contributed by atoms with van der Waals surface area (Å²) in [5.41, 5.74) is 8.44. The minimum absolute atomic E-state index is 0.163. The first-order valence-electron chi connectivity index (χ1n) is 24.7. The number of aryl methyl sites for hydroxylation is 2. The van der Waals surface area contributed by atoms with E-state index < -0.39 is 10.7 Å². The Balaban J connectivity index is -0.000000801. The van der Waals surface area contributed by atoms with Crippen LogP contribution in [0.5, 0.6) is 0 Å². The molecule has 0 bridgehead atoms. The van der Waals surface area contributed by atoms with Crippen LogP contribution >= 0.6 is 94.3 Å². The minimum Gasteiger partial charge on any atom is -0.478 e. The predicted octanol–water partition coefficient (Wildman–Crippen LogP) is 20.0. The lowest BCUT2D eigenvalue weighted by Crippen LogP contribution is -2.02. The molecule has 0 fully saturated rings. The summed E-state index contributed by atoms with van der Waals surface area (Å²) in [5, 5.41) is 9.63. The van der Waals surface area contributed by atoms with Gasteiger partial charge in [-0.05, 0) is 127 Å². The Morgan fingerprint density at radius 1 is 0.594 bits per heavy atom. The van der Waals surface area contributed by atoms with Gasteiger partial charge >= 0.3 is 16.3 Å². The number of carboxylic acid groups (broad SMARTS) is 1. The van der Waals surface area contributed by atoms with Gasteiger partial charge in [0.2, 0.25) is 0 Å². The van der Waals surface area contributed by atoms with Gasteiger partial charge in [0.15, 0.2) is 0 Å². The van der Waals surface area contributed by atoms with Gasteiger partial charge in [-0.1, -0.05) is 204 Å². The summed E-state index contributed by atoms with van der Waals surface area (Å²) in [7, 11) is 0. The summed E-state index contributed by atoms with van der Waals surface area (Å²) in [4.78, 5) is 56.4. The van der Waals surface area contributed by atoms with Gasteiger partial charge in [0.1, 0.15) is 0 Å². The SMILES string of the molecule is CCCCCCCCS.CCCCCCCCSC(=O)Cl.CCCCCCCCSC(=O)Cl.CCCCCCCCSc1nc2cc(C)ccc2c(=O)o1.Cc1ccc(C(=O)O)c(N)c1.O=C(Cl)Cl. The number of hydrogen-bond acceptors (Lipinski definition) is 12. The van der Waals surface area contributed by atoms with E-state index in [1.165, 1.54) is 164 Å². The minimum atomic E-state index is -0.984. The van der Waals surface area contributed by atoms with Crippen molar-refractivity contribution < 1.29 is 28.7 Å². The van der Waals surface area contributed by atoms with Crippen LogP contribution in [0.3, 0.4) is 0 Å². The van der Waals surface area contributed by atoms with Crippen molar-refractivity contribution in [3.8, 4) is 0 Å². The number of benzene rings is 2. The molecule has 396 valence electrons. The predicted molar refractivity (Wildman–Crippen MR) is 310 cm³/mol. The van der Waals surface area contributed by atoms with E-state index in [1.807, 2.05) is 26.0 Å². The van der Waals surface area contributed by atoms with Crippen molar-refractivity contribution in [2.75, 3.05) is 28.7 Å². The Morgan fingerprint density at radius 3 is 1.36 bits per heavy atom. The zero-order valence-corrected chi connectivity index (χ0v) is 48.7. The third-order valence-corrected chi connectivity index (χ3v) is 13.2. The summed E-state index contributed by atoms with van der Waals surface area (Å²) in [6.07, 6.45) is 31.1. The highest BCUT2D eigenvalue weighted by Crippen LogP contribution is 2.20. The quantitative estimate of drug-likeness (QED) is 0.0199. The molecule has 0 unspecified atom stereocenters. The number of halogens is 4. The first-order valence-corrected chi connectivity index (χ1v) is 29.8. The number of carboxylic acids is 1. The lowest BCUT2D eigenvalue weighted by molar-refractivity contribution is 0.0698. The number of nitrogen functional groups attached to an aromatic ring is 1. The van der Waals surface area contributed by atoms with Gasteiger partial charge in [0, 0.05) is 22.9 Å². The Labute approximate surface area is 454 Å². The van der Waals surface area contributed by atoms with Gasteiger partial charge in [0.05, 0.1) is 16.5 Å². The van der Waals surface area contributed by atoms with Crippen molar-refractivity contribution in [2.24, 2.45) is 0 Å². The van der Waals surface area contributed by atoms with Crippen molar-refractivity contribution in [1.29, 1.82) is 0 Å². The molecule has 0 aliphatic rings. The Hall–Kier alpha value is -1.58. The molecule has 0 amide bonds. The molecule has 0 spiro atoms. The van der Waals surface area contributed by atoms with Gasteiger partial charge in [-0.25, -0.2) is 14.6 Å². The number of carbonyl (C=O) groups is 4. The number of fused-ring (bicyclic) bond motifs is 1. The summed E-state index contributed by atoms with van der Waals surface area (Å²) in [5.74, 6) is 2.80. The van der Waals surface area contributed by atoms with Gasteiger partial charge in [-0.2, -0.15) is 12.6 Å². The molecule has 1 aromatic heterocycles. The maximum atomic E-state index is 11.9. The monoisotopic (exact) mass is 1120 g/mol. The fourth-order valence-corrected chi connectivity index (χ4v) is 8.63. The molecule has 3 rings (SSSR count). The maximum absolute atomic E-state index is 11.9. The molecule has 69 heavy (non-hydrogen) atoms. The Morgan fingerprint density at radius 2 is 0.971 bits per heavy atom. The molecule has 0 aliphatic heterocycles. The van der Waals surface area contributed by atoms with Crippen molar-refractivity contribution in [1.82, 2.24) is 4.98 Å². The van der Waals surface area contributed by atoms with E-state index in [-0.39, 0.29) is 20.3 Å². The van der Waals surface area contributed by atoms with Gasteiger partial charge in [-0.15, -0.1) is 0 Å². The average Bonchev–Trinajstić information content (AvgIpc) is 3.28. The molecule has 2 aromatic carbocycles. The van der Waals surface area contributed by atoms with E-state index >= 15 is 0 Å². The van der Waals surface area contributed by atoms with Crippen LogP contribution in [0.25, 0.3) is 10.9 Å². The van der Waals surface area contributed by atoms with E-state index in [4.69, 9.17) is 43.3 Å². The first-order chi connectivity index (χ1) is 33.0. The third-order valence-electron chi connectivity index (χ3n) is 9.86. The Bertz CT molecular complexity index is 1770. The zero-order valence-electron chi connectivity index (χ0n) is 42.4. The van der Waals surface area contributed by atoms with Crippen LogP contribution in [-0.4, -0.2) is 52.9 Å². The fourth-order valence-electron chi connectivity index (χ4n) is 6.10. The molecule has 1 heterocycles. The van der Waals surface area contributed by atoms with E-state index in [0.29, 0.717) is 16.3 Å². The normalized spacial score (nSPS) is 10.1. The second kappa shape index (κ2) is 52.7. The molecule has 0 aliphatic carbocycles. The molecule has 9 nitrogen and oxygen atoms in total. The number of nitrogens with two attached hydrogens (primary N) is 1. The largest absolute Gasteiger partial charge is 0.478 e. The molecule has 3 aromatic rings. The number of hydrogen-bond donors (Lipinski definition) is 3. The molecular weight excluding hydrogens is 1030 g/mol. The van der Waals surface area contributed by atoms with Crippen LogP contribution in [0.1, 0.15) is 203 Å². The number of anilines is 1. The van der Waals surface area contributed by atoms with Crippen LogP contribution < -0.4 is 11.4 Å². The highest BCUT2D eigenvalue weighted by Gasteiger charge is 2.08. The number of rotatable bonds is 29. The number of aromatic carboxylic acids is 1. The van der Waals surface area contributed by atoms with E-state index in [1.54, 1.807) is 30.0 Å². The number of thiol groups is 1. The van der Waals surface area contributed by atoms with Crippen LogP contribution in [0, 0.1) is 13.8 Å². The number of nitrogens with zero attached hydrogens (tertiary/aromatic N) is 1. The first kappa shape index (κ1) is 71.7. The smallest absolute Gasteiger partial charge is 0.347 e. The highest BCUT2D eigenvalue weighted by atomic mass is 35.5. The molecule has 0 radical (unpaired) electrons. The number of aromatic nitrogens is 1. The van der Waals surface area contributed by atoms with E-state index in [0.717, 1.165) is 58.9 Å².